The molecule has 0 spiro atoms. The number of anilines is 3. The van der Waals surface area contributed by atoms with Gasteiger partial charge in [-0.2, -0.15) is 15.0 Å². The van der Waals surface area contributed by atoms with Gasteiger partial charge in [0.15, 0.2) is 0 Å². The highest BCUT2D eigenvalue weighted by Gasteiger charge is 2.12. The topological polar surface area (TPSA) is 53.9 Å². The van der Waals surface area contributed by atoms with Gasteiger partial charge in [-0.25, -0.2) is 0 Å². The van der Waals surface area contributed by atoms with Crippen LogP contribution in [0.3, 0.4) is 0 Å². The van der Waals surface area contributed by atoms with E-state index in [-0.39, 0.29) is 0 Å². The Kier molecular flexibility index (Phi) is 5.68. The van der Waals surface area contributed by atoms with Crippen LogP contribution in [-0.2, 0) is 0 Å². The molecule has 0 aliphatic rings. The zero-order valence-corrected chi connectivity index (χ0v) is 14.9. The molecule has 0 saturated carbocycles. The number of aryl methyl sites for hydroxylation is 4. The molecule has 126 valence electrons. The second-order valence-corrected chi connectivity index (χ2v) is 5.89. The van der Waals surface area contributed by atoms with E-state index in [0.717, 1.165) is 5.69 Å². The number of nitrogens with zero attached hydrogens (tertiary/aromatic N) is 4. The first kappa shape index (κ1) is 17.7. The largest absolute Gasteiger partial charge is 0.333 e. The summed E-state index contributed by atoms with van der Waals surface area (Å²) >= 11 is 0. The molecule has 1 aromatic heterocycles. The lowest BCUT2D eigenvalue weighted by molar-refractivity contribution is 0.857. The SMILES string of the molecule is C=CCN(CC=C)c1nc(C)nc(Nc2c(C)cc(C)cc2C)n1. The van der Waals surface area contributed by atoms with Crippen LogP contribution in [0.2, 0.25) is 0 Å². The van der Waals surface area contributed by atoms with Crippen molar-refractivity contribution in [2.24, 2.45) is 0 Å². The molecule has 24 heavy (non-hydrogen) atoms. The number of benzene rings is 1. The average Bonchev–Trinajstić information content (AvgIpc) is 2.50. The van der Waals surface area contributed by atoms with Crippen molar-refractivity contribution in [3.63, 3.8) is 0 Å². The van der Waals surface area contributed by atoms with Gasteiger partial charge in [0.25, 0.3) is 0 Å². The monoisotopic (exact) mass is 323 g/mol. The van der Waals surface area contributed by atoms with Crippen LogP contribution in [0.15, 0.2) is 37.4 Å². The number of hydrogen-bond acceptors (Lipinski definition) is 5. The molecule has 0 aliphatic carbocycles. The minimum Gasteiger partial charge on any atom is -0.333 e. The van der Waals surface area contributed by atoms with Crippen LogP contribution < -0.4 is 10.2 Å². The molecule has 0 bridgehead atoms. The van der Waals surface area contributed by atoms with Gasteiger partial charge in [0.1, 0.15) is 5.82 Å². The summed E-state index contributed by atoms with van der Waals surface area (Å²) in [5.74, 6) is 1.83. The van der Waals surface area contributed by atoms with Crippen LogP contribution in [0.5, 0.6) is 0 Å². The number of aromatic nitrogens is 3. The summed E-state index contributed by atoms with van der Waals surface area (Å²) < 4.78 is 0. The molecule has 5 nitrogen and oxygen atoms in total. The predicted molar refractivity (Wildman–Crippen MR) is 101 cm³/mol. The Morgan fingerprint density at radius 3 is 2.08 bits per heavy atom. The Morgan fingerprint density at radius 1 is 0.958 bits per heavy atom. The standard InChI is InChI=1S/C19H25N5/c1-7-9-24(10-8-2)19-21-16(6)20-18(23-19)22-17-14(4)11-13(3)12-15(17)5/h7-8,11-12H,1-2,9-10H2,3-6H3,(H,20,21,22,23). The van der Waals surface area contributed by atoms with Gasteiger partial charge in [-0.05, 0) is 38.8 Å². The second-order valence-electron chi connectivity index (χ2n) is 5.89. The van der Waals surface area contributed by atoms with Crippen molar-refractivity contribution < 1.29 is 0 Å². The second kappa shape index (κ2) is 7.73. The molecular weight excluding hydrogens is 298 g/mol. The Balaban J connectivity index is 2.38. The first-order chi connectivity index (χ1) is 11.4. The summed E-state index contributed by atoms with van der Waals surface area (Å²) in [5.41, 5.74) is 4.62. The van der Waals surface area contributed by atoms with E-state index in [2.05, 4.69) is 66.3 Å². The molecule has 1 heterocycles. The van der Waals surface area contributed by atoms with E-state index in [9.17, 15) is 0 Å². The molecule has 1 aromatic carbocycles. The Labute approximate surface area is 144 Å². The maximum atomic E-state index is 4.57. The van der Waals surface area contributed by atoms with Crippen LogP contribution in [0.1, 0.15) is 22.5 Å². The van der Waals surface area contributed by atoms with Crippen molar-refractivity contribution in [1.29, 1.82) is 0 Å². The molecule has 0 unspecified atom stereocenters. The molecule has 5 heteroatoms. The minimum absolute atomic E-state index is 0.547. The van der Waals surface area contributed by atoms with Crippen LogP contribution in [0.25, 0.3) is 0 Å². The Bertz CT molecular complexity index is 718. The molecule has 0 radical (unpaired) electrons. The normalized spacial score (nSPS) is 10.3. The Morgan fingerprint density at radius 2 is 1.54 bits per heavy atom. The van der Waals surface area contributed by atoms with Gasteiger partial charge in [-0.3, -0.25) is 0 Å². The smallest absolute Gasteiger partial charge is 0.232 e. The van der Waals surface area contributed by atoms with Crippen LogP contribution in [0.4, 0.5) is 17.6 Å². The average molecular weight is 323 g/mol. The molecular formula is C19H25N5. The lowest BCUT2D eigenvalue weighted by Gasteiger charge is -2.20. The van der Waals surface area contributed by atoms with Crippen molar-refractivity contribution >= 4 is 17.6 Å². The van der Waals surface area contributed by atoms with Crippen LogP contribution >= 0.6 is 0 Å². The fourth-order valence-electron chi connectivity index (χ4n) is 2.70. The van der Waals surface area contributed by atoms with Gasteiger partial charge >= 0.3 is 0 Å². The molecule has 2 aromatic rings. The molecule has 0 aliphatic heterocycles. The first-order valence-electron chi connectivity index (χ1n) is 7.99. The van der Waals surface area contributed by atoms with Crippen molar-refractivity contribution in [2.45, 2.75) is 27.7 Å². The Hall–Kier alpha value is -2.69. The van der Waals surface area contributed by atoms with Crippen LogP contribution in [-0.4, -0.2) is 28.0 Å². The van der Waals surface area contributed by atoms with E-state index in [4.69, 9.17) is 0 Å². The van der Waals surface area contributed by atoms with Gasteiger partial charge in [-0.15, -0.1) is 13.2 Å². The molecule has 2 rings (SSSR count). The molecule has 0 fully saturated rings. The summed E-state index contributed by atoms with van der Waals surface area (Å²) in [6.45, 7) is 17.0. The quantitative estimate of drug-likeness (QED) is 0.780. The maximum absolute atomic E-state index is 4.57. The van der Waals surface area contributed by atoms with Crippen molar-refractivity contribution in [3.8, 4) is 0 Å². The zero-order valence-electron chi connectivity index (χ0n) is 14.9. The van der Waals surface area contributed by atoms with Crippen molar-refractivity contribution in [2.75, 3.05) is 23.3 Å². The van der Waals surface area contributed by atoms with Crippen molar-refractivity contribution in [1.82, 2.24) is 15.0 Å². The summed E-state index contributed by atoms with van der Waals surface area (Å²) in [6, 6.07) is 4.29. The summed E-state index contributed by atoms with van der Waals surface area (Å²) in [4.78, 5) is 15.4. The van der Waals surface area contributed by atoms with E-state index in [1.54, 1.807) is 0 Å². The van der Waals surface area contributed by atoms with E-state index < -0.39 is 0 Å². The fourth-order valence-corrected chi connectivity index (χ4v) is 2.70. The van der Waals surface area contributed by atoms with Gasteiger partial charge in [0, 0.05) is 18.8 Å². The molecule has 0 atom stereocenters. The number of rotatable bonds is 7. The highest BCUT2D eigenvalue weighted by molar-refractivity contribution is 5.64. The molecule has 0 saturated heterocycles. The minimum atomic E-state index is 0.547. The molecule has 1 N–H and O–H groups in total. The summed E-state index contributed by atoms with van der Waals surface area (Å²) in [5, 5.41) is 3.35. The van der Waals surface area contributed by atoms with Crippen molar-refractivity contribution in [3.05, 3.63) is 60.0 Å². The highest BCUT2D eigenvalue weighted by Crippen LogP contribution is 2.25. The van der Waals surface area contributed by atoms with Gasteiger partial charge in [0.05, 0.1) is 0 Å². The van der Waals surface area contributed by atoms with Gasteiger partial charge in [-0.1, -0.05) is 29.8 Å². The van der Waals surface area contributed by atoms with Crippen LogP contribution in [0, 0.1) is 27.7 Å². The third-order valence-corrected chi connectivity index (χ3v) is 3.63. The maximum Gasteiger partial charge on any atom is 0.232 e. The fraction of sp³-hybridized carbons (Fsp3) is 0.316. The number of nitrogens with one attached hydrogen (secondary N) is 1. The summed E-state index contributed by atoms with van der Waals surface area (Å²) in [7, 11) is 0. The number of hydrogen-bond donors (Lipinski definition) is 1. The molecule has 0 amide bonds. The third-order valence-electron chi connectivity index (χ3n) is 3.63. The van der Waals surface area contributed by atoms with E-state index in [0.29, 0.717) is 30.8 Å². The lowest BCUT2D eigenvalue weighted by Crippen LogP contribution is -2.26. The highest BCUT2D eigenvalue weighted by atomic mass is 15.3. The van der Waals surface area contributed by atoms with E-state index in [1.807, 2.05) is 24.0 Å². The predicted octanol–water partition coefficient (Wildman–Crippen LogP) is 4.03. The van der Waals surface area contributed by atoms with Gasteiger partial charge < -0.3 is 10.2 Å². The van der Waals surface area contributed by atoms with Gasteiger partial charge in [0.2, 0.25) is 11.9 Å². The van der Waals surface area contributed by atoms with E-state index >= 15 is 0 Å². The first-order valence-corrected chi connectivity index (χ1v) is 7.99. The lowest BCUT2D eigenvalue weighted by atomic mass is 10.1. The zero-order chi connectivity index (χ0) is 17.7. The summed E-state index contributed by atoms with van der Waals surface area (Å²) in [6.07, 6.45) is 3.65. The van der Waals surface area contributed by atoms with E-state index in [1.165, 1.54) is 16.7 Å². The third kappa shape index (κ3) is 4.19.